The molecule has 1 rings (SSSR count). The molecule has 0 fully saturated rings. The molecular formula is C12H17FO3. The van der Waals surface area contributed by atoms with E-state index < -0.39 is 18.2 Å². The lowest BCUT2D eigenvalue weighted by Gasteiger charge is -2.22. The molecule has 0 amide bonds. The Balaban J connectivity index is 3.12. The van der Waals surface area contributed by atoms with Gasteiger partial charge in [0, 0.05) is 19.8 Å². The maximum Gasteiger partial charge on any atom is 0.187 e. The van der Waals surface area contributed by atoms with Gasteiger partial charge in [0.05, 0.1) is 0 Å². The Labute approximate surface area is 94.8 Å². The number of methoxy groups -OCH3 is 2. The third kappa shape index (κ3) is 2.58. The van der Waals surface area contributed by atoms with Crippen LogP contribution in [0.4, 0.5) is 4.39 Å². The zero-order chi connectivity index (χ0) is 12.3. The van der Waals surface area contributed by atoms with E-state index in [4.69, 9.17) is 9.47 Å². The normalized spacial score (nSPS) is 13.2. The number of halogens is 1. The first-order valence-corrected chi connectivity index (χ1v) is 5.01. The molecule has 1 aromatic rings. The van der Waals surface area contributed by atoms with Crippen LogP contribution in [0.2, 0.25) is 0 Å². The average molecular weight is 228 g/mol. The van der Waals surface area contributed by atoms with Crippen molar-refractivity contribution in [1.82, 2.24) is 0 Å². The van der Waals surface area contributed by atoms with Crippen LogP contribution >= 0.6 is 0 Å². The number of aryl methyl sites for hydroxylation is 2. The highest BCUT2D eigenvalue weighted by Crippen LogP contribution is 2.26. The Hall–Kier alpha value is -0.970. The minimum Gasteiger partial charge on any atom is -0.383 e. The van der Waals surface area contributed by atoms with Gasteiger partial charge in [0.15, 0.2) is 6.29 Å². The highest BCUT2D eigenvalue weighted by atomic mass is 19.1. The van der Waals surface area contributed by atoms with Crippen molar-refractivity contribution in [2.24, 2.45) is 0 Å². The maximum absolute atomic E-state index is 13.7. The fourth-order valence-corrected chi connectivity index (χ4v) is 1.79. The first-order chi connectivity index (χ1) is 7.51. The number of ether oxygens (including phenoxy) is 2. The second-order valence-electron chi connectivity index (χ2n) is 3.76. The molecule has 0 aromatic heterocycles. The molecule has 1 atom stereocenters. The molecule has 0 bridgehead atoms. The number of aliphatic hydroxyl groups is 1. The van der Waals surface area contributed by atoms with Crippen molar-refractivity contribution in [2.75, 3.05) is 14.2 Å². The topological polar surface area (TPSA) is 38.7 Å². The molecule has 0 aliphatic carbocycles. The van der Waals surface area contributed by atoms with E-state index in [1.807, 2.05) is 6.07 Å². The lowest BCUT2D eigenvalue weighted by Crippen LogP contribution is -2.24. The van der Waals surface area contributed by atoms with Crippen LogP contribution in [0.25, 0.3) is 0 Å². The fraction of sp³-hybridized carbons (Fsp3) is 0.500. The molecular weight excluding hydrogens is 211 g/mol. The zero-order valence-electron chi connectivity index (χ0n) is 9.95. The number of aliphatic hydroxyl groups excluding tert-OH is 1. The van der Waals surface area contributed by atoms with Gasteiger partial charge in [0.2, 0.25) is 0 Å². The number of hydrogen-bond donors (Lipinski definition) is 1. The molecule has 0 heterocycles. The quantitative estimate of drug-likeness (QED) is 0.802. The summed E-state index contributed by atoms with van der Waals surface area (Å²) >= 11 is 0. The molecule has 1 N–H and O–H groups in total. The predicted molar refractivity (Wildman–Crippen MR) is 58.6 cm³/mol. The van der Waals surface area contributed by atoms with E-state index in [1.165, 1.54) is 20.3 Å². The monoisotopic (exact) mass is 228 g/mol. The Bertz CT molecular complexity index is 338. The van der Waals surface area contributed by atoms with Gasteiger partial charge in [0.25, 0.3) is 0 Å². The van der Waals surface area contributed by atoms with Gasteiger partial charge >= 0.3 is 0 Å². The van der Waals surface area contributed by atoms with E-state index in [9.17, 15) is 9.50 Å². The molecule has 0 radical (unpaired) electrons. The fourth-order valence-electron chi connectivity index (χ4n) is 1.79. The summed E-state index contributed by atoms with van der Waals surface area (Å²) in [7, 11) is 2.80. The second kappa shape index (κ2) is 5.39. The summed E-state index contributed by atoms with van der Waals surface area (Å²) < 4.78 is 23.6. The van der Waals surface area contributed by atoms with E-state index in [1.54, 1.807) is 13.8 Å². The molecule has 1 unspecified atom stereocenters. The summed E-state index contributed by atoms with van der Waals surface area (Å²) in [6, 6.07) is 3.19. The van der Waals surface area contributed by atoms with Gasteiger partial charge in [0.1, 0.15) is 11.9 Å². The van der Waals surface area contributed by atoms with Gasteiger partial charge < -0.3 is 14.6 Å². The Kier molecular flexibility index (Phi) is 4.41. The number of hydrogen-bond acceptors (Lipinski definition) is 3. The van der Waals surface area contributed by atoms with Crippen molar-refractivity contribution in [1.29, 1.82) is 0 Å². The van der Waals surface area contributed by atoms with Crippen LogP contribution in [0.3, 0.4) is 0 Å². The Morgan fingerprint density at radius 2 is 1.75 bits per heavy atom. The molecule has 0 aliphatic rings. The van der Waals surface area contributed by atoms with Crippen LogP contribution in [0.5, 0.6) is 0 Å². The molecule has 3 nitrogen and oxygen atoms in total. The molecule has 1 aromatic carbocycles. The van der Waals surface area contributed by atoms with Gasteiger partial charge in [-0.15, -0.1) is 0 Å². The molecule has 0 spiro atoms. The van der Waals surface area contributed by atoms with Crippen molar-refractivity contribution in [3.05, 3.63) is 34.6 Å². The SMILES string of the molecule is COC(OC)C(O)c1c(C)cc(C)cc1F. The van der Waals surface area contributed by atoms with Gasteiger partial charge in [-0.1, -0.05) is 6.07 Å². The molecule has 0 saturated carbocycles. The van der Waals surface area contributed by atoms with E-state index >= 15 is 0 Å². The number of benzene rings is 1. The van der Waals surface area contributed by atoms with Crippen molar-refractivity contribution in [3.63, 3.8) is 0 Å². The van der Waals surface area contributed by atoms with E-state index in [2.05, 4.69) is 0 Å². The van der Waals surface area contributed by atoms with Crippen LogP contribution < -0.4 is 0 Å². The van der Waals surface area contributed by atoms with E-state index in [0.717, 1.165) is 5.56 Å². The minimum absolute atomic E-state index is 0.222. The molecule has 4 heteroatoms. The van der Waals surface area contributed by atoms with Crippen LogP contribution in [0, 0.1) is 19.7 Å². The zero-order valence-corrected chi connectivity index (χ0v) is 9.95. The van der Waals surface area contributed by atoms with Gasteiger partial charge in [-0.2, -0.15) is 0 Å². The summed E-state index contributed by atoms with van der Waals surface area (Å²) in [6.07, 6.45) is -1.99. The van der Waals surface area contributed by atoms with Crippen LogP contribution in [0.1, 0.15) is 22.8 Å². The first-order valence-electron chi connectivity index (χ1n) is 5.01. The lowest BCUT2D eigenvalue weighted by molar-refractivity contribution is -0.167. The third-order valence-electron chi connectivity index (χ3n) is 2.50. The van der Waals surface area contributed by atoms with E-state index in [-0.39, 0.29) is 5.56 Å². The van der Waals surface area contributed by atoms with Gasteiger partial charge in [-0.25, -0.2) is 4.39 Å². The molecule has 90 valence electrons. The minimum atomic E-state index is -1.13. The summed E-state index contributed by atoms with van der Waals surface area (Å²) in [4.78, 5) is 0. The first kappa shape index (κ1) is 13.1. The third-order valence-corrected chi connectivity index (χ3v) is 2.50. The lowest BCUT2D eigenvalue weighted by atomic mass is 10.00. The summed E-state index contributed by atoms with van der Waals surface area (Å²) in [5.74, 6) is -0.441. The van der Waals surface area contributed by atoms with Crippen molar-refractivity contribution in [2.45, 2.75) is 26.2 Å². The summed E-state index contributed by atoms with van der Waals surface area (Å²) in [6.45, 7) is 3.55. The van der Waals surface area contributed by atoms with Crippen molar-refractivity contribution in [3.8, 4) is 0 Å². The van der Waals surface area contributed by atoms with Crippen LogP contribution in [-0.4, -0.2) is 25.6 Å². The molecule has 16 heavy (non-hydrogen) atoms. The van der Waals surface area contributed by atoms with Gasteiger partial charge in [-0.05, 0) is 31.0 Å². The predicted octanol–water partition coefficient (Wildman–Crippen LogP) is 2.09. The largest absolute Gasteiger partial charge is 0.383 e. The van der Waals surface area contributed by atoms with Crippen molar-refractivity contribution < 1.29 is 19.0 Å². The highest BCUT2D eigenvalue weighted by molar-refractivity contribution is 5.33. The molecule has 0 aliphatic heterocycles. The Morgan fingerprint density at radius 1 is 1.19 bits per heavy atom. The standard InChI is InChI=1S/C12H17FO3/c1-7-5-8(2)10(9(13)6-7)11(14)12(15-3)16-4/h5-6,11-12,14H,1-4H3. The number of rotatable bonds is 4. The summed E-state index contributed by atoms with van der Waals surface area (Å²) in [5.41, 5.74) is 1.72. The van der Waals surface area contributed by atoms with Crippen LogP contribution in [0.15, 0.2) is 12.1 Å². The molecule has 0 saturated heterocycles. The van der Waals surface area contributed by atoms with Gasteiger partial charge in [-0.3, -0.25) is 0 Å². The Morgan fingerprint density at radius 3 is 2.19 bits per heavy atom. The summed E-state index contributed by atoms with van der Waals surface area (Å²) in [5, 5.41) is 9.94. The second-order valence-corrected chi connectivity index (χ2v) is 3.76. The van der Waals surface area contributed by atoms with Crippen molar-refractivity contribution >= 4 is 0 Å². The maximum atomic E-state index is 13.7. The van der Waals surface area contributed by atoms with Crippen LogP contribution in [-0.2, 0) is 9.47 Å². The average Bonchev–Trinajstić information content (AvgIpc) is 2.17. The smallest absolute Gasteiger partial charge is 0.187 e. The highest BCUT2D eigenvalue weighted by Gasteiger charge is 2.24. The van der Waals surface area contributed by atoms with E-state index in [0.29, 0.717) is 5.56 Å².